The zero-order chi connectivity index (χ0) is 23.8. The van der Waals surface area contributed by atoms with E-state index in [0.29, 0.717) is 6.54 Å². The lowest BCUT2D eigenvalue weighted by molar-refractivity contribution is -0.385. The molecule has 0 fully saturated rings. The van der Waals surface area contributed by atoms with Gasteiger partial charge in [0.25, 0.3) is 17.5 Å². The molecule has 2 amide bonds. The second-order valence-corrected chi connectivity index (χ2v) is 7.11. The number of esters is 1. The number of hydrogen-bond acceptors (Lipinski definition) is 6. The van der Waals surface area contributed by atoms with Crippen molar-refractivity contribution in [3.05, 3.63) is 105 Å². The van der Waals surface area contributed by atoms with Crippen LogP contribution in [-0.4, -0.2) is 29.3 Å². The van der Waals surface area contributed by atoms with Crippen LogP contribution in [0.25, 0.3) is 0 Å². The quantitative estimate of drug-likeness (QED) is 0.308. The molecule has 3 aromatic carbocycles. The van der Waals surface area contributed by atoms with Gasteiger partial charge >= 0.3 is 5.97 Å². The van der Waals surface area contributed by atoms with Crippen molar-refractivity contribution in [3.63, 3.8) is 0 Å². The molecule has 0 radical (unpaired) electrons. The maximum atomic E-state index is 12.6. The van der Waals surface area contributed by atoms with Crippen molar-refractivity contribution in [2.24, 2.45) is 0 Å². The number of nitro benzene ring substituents is 1. The van der Waals surface area contributed by atoms with Crippen LogP contribution in [-0.2, 0) is 16.1 Å². The highest BCUT2D eigenvalue weighted by Gasteiger charge is 2.21. The lowest BCUT2D eigenvalue weighted by Gasteiger charge is -2.12. The van der Waals surface area contributed by atoms with Crippen LogP contribution in [0.5, 0.6) is 0 Å². The molecule has 168 valence electrons. The zero-order valence-electron chi connectivity index (χ0n) is 17.7. The Hall–Kier alpha value is -4.53. The monoisotopic (exact) mass is 447 g/mol. The molecule has 0 atom stereocenters. The van der Waals surface area contributed by atoms with E-state index in [2.05, 4.69) is 10.6 Å². The zero-order valence-corrected chi connectivity index (χ0v) is 17.7. The van der Waals surface area contributed by atoms with Gasteiger partial charge in [0.1, 0.15) is 5.56 Å². The summed E-state index contributed by atoms with van der Waals surface area (Å²) >= 11 is 0. The number of nitrogens with one attached hydrogen (secondary N) is 2. The Kier molecular flexibility index (Phi) is 7.48. The molecule has 0 saturated heterocycles. The van der Waals surface area contributed by atoms with Crippen molar-refractivity contribution in [2.75, 3.05) is 11.9 Å². The molecule has 9 heteroatoms. The fourth-order valence-corrected chi connectivity index (χ4v) is 2.97. The number of rotatable bonds is 8. The van der Waals surface area contributed by atoms with Crippen LogP contribution in [0.3, 0.4) is 0 Å². The Labute approximate surface area is 189 Å². The molecule has 3 rings (SSSR count). The maximum Gasteiger partial charge on any atom is 0.345 e. The first-order chi connectivity index (χ1) is 15.8. The second-order valence-electron chi connectivity index (χ2n) is 7.11. The van der Waals surface area contributed by atoms with E-state index in [1.54, 1.807) is 24.3 Å². The molecule has 0 heterocycles. The van der Waals surface area contributed by atoms with Gasteiger partial charge in [0, 0.05) is 12.6 Å². The lowest BCUT2D eigenvalue weighted by atomic mass is 10.1. The molecule has 3 aromatic rings. The molecule has 9 nitrogen and oxygen atoms in total. The Morgan fingerprint density at radius 2 is 1.55 bits per heavy atom. The topological polar surface area (TPSA) is 128 Å². The van der Waals surface area contributed by atoms with Crippen molar-refractivity contribution in [1.82, 2.24) is 5.32 Å². The molecular formula is C24H21N3O6. The minimum atomic E-state index is -0.999. The van der Waals surface area contributed by atoms with E-state index < -0.39 is 29.1 Å². The van der Waals surface area contributed by atoms with Crippen molar-refractivity contribution >= 4 is 29.2 Å². The summed E-state index contributed by atoms with van der Waals surface area (Å²) in [6.45, 7) is 1.61. The van der Waals surface area contributed by atoms with Gasteiger partial charge in [-0.25, -0.2) is 4.79 Å². The number of anilines is 1. The highest BCUT2D eigenvalue weighted by Crippen LogP contribution is 2.19. The highest BCUT2D eigenvalue weighted by molar-refractivity contribution is 6.04. The summed E-state index contributed by atoms with van der Waals surface area (Å²) in [7, 11) is 0. The molecule has 0 aliphatic heterocycles. The minimum Gasteiger partial charge on any atom is -0.452 e. The first-order valence-corrected chi connectivity index (χ1v) is 9.98. The summed E-state index contributed by atoms with van der Waals surface area (Å²) in [5.41, 5.74) is 1.84. The van der Waals surface area contributed by atoms with Crippen molar-refractivity contribution < 1.29 is 24.0 Å². The number of amides is 2. The van der Waals surface area contributed by atoms with Gasteiger partial charge in [-0.3, -0.25) is 19.7 Å². The van der Waals surface area contributed by atoms with Gasteiger partial charge in [-0.1, -0.05) is 54.1 Å². The normalized spacial score (nSPS) is 10.2. The number of carbonyl (C=O) groups is 3. The Balaban J connectivity index is 1.60. The van der Waals surface area contributed by atoms with E-state index in [0.717, 1.165) is 11.1 Å². The summed E-state index contributed by atoms with van der Waals surface area (Å²) in [6.07, 6.45) is 0. The Morgan fingerprint density at radius 1 is 0.909 bits per heavy atom. The van der Waals surface area contributed by atoms with E-state index >= 15 is 0 Å². The number of hydrogen-bond donors (Lipinski definition) is 2. The van der Waals surface area contributed by atoms with Crippen LogP contribution in [0, 0.1) is 17.0 Å². The van der Waals surface area contributed by atoms with Crippen LogP contribution >= 0.6 is 0 Å². The predicted molar refractivity (Wildman–Crippen MR) is 121 cm³/mol. The first-order valence-electron chi connectivity index (χ1n) is 9.98. The van der Waals surface area contributed by atoms with Gasteiger partial charge in [0.2, 0.25) is 0 Å². The third-order valence-corrected chi connectivity index (χ3v) is 4.67. The number of para-hydroxylation sites is 2. The van der Waals surface area contributed by atoms with Crippen LogP contribution < -0.4 is 10.6 Å². The number of nitrogens with zero attached hydrogens (tertiary/aromatic N) is 1. The Bertz CT molecular complexity index is 1190. The average molecular weight is 447 g/mol. The van der Waals surface area contributed by atoms with E-state index in [9.17, 15) is 24.5 Å². The third-order valence-electron chi connectivity index (χ3n) is 4.67. The SMILES string of the molecule is Cc1ccc(CNC(=O)c2ccccc2NC(=O)COC(=O)c2ccccc2[N+](=O)[O-])cc1. The molecule has 0 aliphatic carbocycles. The van der Waals surface area contributed by atoms with Gasteiger partial charge in [0.05, 0.1) is 16.2 Å². The van der Waals surface area contributed by atoms with Gasteiger partial charge in [-0.2, -0.15) is 0 Å². The van der Waals surface area contributed by atoms with E-state index in [-0.39, 0.29) is 22.7 Å². The largest absolute Gasteiger partial charge is 0.452 e. The summed E-state index contributed by atoms with van der Waals surface area (Å²) in [5.74, 6) is -2.08. The smallest absolute Gasteiger partial charge is 0.345 e. The van der Waals surface area contributed by atoms with Gasteiger partial charge in [0.15, 0.2) is 6.61 Å². The van der Waals surface area contributed by atoms with Crippen molar-refractivity contribution in [1.29, 1.82) is 0 Å². The molecule has 0 saturated carbocycles. The fourth-order valence-electron chi connectivity index (χ4n) is 2.97. The predicted octanol–water partition coefficient (Wildman–Crippen LogP) is 3.63. The standard InChI is InChI=1S/C24H21N3O6/c1-16-10-12-17(13-11-16)14-25-23(29)18-6-2-4-8-20(18)26-22(28)15-33-24(30)19-7-3-5-9-21(19)27(31)32/h2-13H,14-15H2,1H3,(H,25,29)(H,26,28). The number of nitro groups is 1. The van der Waals surface area contributed by atoms with Crippen LogP contribution in [0.1, 0.15) is 31.8 Å². The maximum absolute atomic E-state index is 12.6. The molecule has 0 spiro atoms. The highest BCUT2D eigenvalue weighted by atomic mass is 16.6. The van der Waals surface area contributed by atoms with Crippen molar-refractivity contribution in [2.45, 2.75) is 13.5 Å². The summed E-state index contributed by atoms with van der Waals surface area (Å²) in [6, 6.07) is 19.4. The molecule has 33 heavy (non-hydrogen) atoms. The fraction of sp³-hybridized carbons (Fsp3) is 0.125. The molecule has 0 unspecified atom stereocenters. The number of ether oxygens (including phenoxy) is 1. The van der Waals surface area contributed by atoms with Gasteiger partial charge < -0.3 is 15.4 Å². The summed E-state index contributed by atoms with van der Waals surface area (Å²) in [5, 5.41) is 16.4. The van der Waals surface area contributed by atoms with E-state index in [1.807, 2.05) is 31.2 Å². The first kappa shape index (κ1) is 23.1. The molecule has 0 bridgehead atoms. The molecule has 0 aromatic heterocycles. The number of benzene rings is 3. The van der Waals surface area contributed by atoms with Gasteiger partial charge in [-0.15, -0.1) is 0 Å². The van der Waals surface area contributed by atoms with Crippen LogP contribution in [0.15, 0.2) is 72.8 Å². The molecular weight excluding hydrogens is 426 g/mol. The summed E-state index contributed by atoms with van der Waals surface area (Å²) in [4.78, 5) is 47.4. The third kappa shape index (κ3) is 6.23. The lowest BCUT2D eigenvalue weighted by Crippen LogP contribution is -2.26. The molecule has 0 aliphatic rings. The van der Waals surface area contributed by atoms with Crippen LogP contribution in [0.4, 0.5) is 11.4 Å². The van der Waals surface area contributed by atoms with E-state index in [1.165, 1.54) is 24.3 Å². The number of aryl methyl sites for hydroxylation is 1. The van der Waals surface area contributed by atoms with Gasteiger partial charge in [-0.05, 0) is 30.7 Å². The Morgan fingerprint density at radius 3 is 2.24 bits per heavy atom. The van der Waals surface area contributed by atoms with Crippen LogP contribution in [0.2, 0.25) is 0 Å². The van der Waals surface area contributed by atoms with E-state index in [4.69, 9.17) is 4.74 Å². The summed E-state index contributed by atoms with van der Waals surface area (Å²) < 4.78 is 4.91. The molecule has 2 N–H and O–H groups in total. The van der Waals surface area contributed by atoms with Crippen molar-refractivity contribution in [3.8, 4) is 0 Å². The minimum absolute atomic E-state index is 0.239. The number of carbonyl (C=O) groups excluding carboxylic acids is 3. The second kappa shape index (κ2) is 10.7. The average Bonchev–Trinajstić information content (AvgIpc) is 2.82.